The molecule has 1 aromatic heterocycles. The fourth-order valence-electron chi connectivity index (χ4n) is 1.60. The van der Waals surface area contributed by atoms with Gasteiger partial charge in [0.2, 0.25) is 0 Å². The predicted octanol–water partition coefficient (Wildman–Crippen LogP) is 1.20. The van der Waals surface area contributed by atoms with Gasteiger partial charge in [-0.1, -0.05) is 6.08 Å². The smallest absolute Gasteiger partial charge is 0.126 e. The summed E-state index contributed by atoms with van der Waals surface area (Å²) in [6, 6.07) is 3.87. The Kier molecular flexibility index (Phi) is 3.38. The zero-order chi connectivity index (χ0) is 9.64. The Hall–Kier alpha value is -1.06. The summed E-state index contributed by atoms with van der Waals surface area (Å²) in [4.78, 5) is 2.43. The van der Waals surface area contributed by atoms with E-state index in [-0.39, 0.29) is 0 Å². The topological polar surface area (TPSA) is 28.4 Å². The molecule has 0 radical (unpaired) electrons. The van der Waals surface area contributed by atoms with Gasteiger partial charge in [-0.05, 0) is 18.2 Å². The van der Waals surface area contributed by atoms with Gasteiger partial charge in [0.15, 0.2) is 0 Å². The largest absolute Gasteiger partial charge is 0.465 e. The van der Waals surface area contributed by atoms with Crippen LogP contribution in [-0.2, 0) is 0 Å². The predicted molar refractivity (Wildman–Crippen MR) is 57.1 cm³/mol. The molecule has 0 unspecified atom stereocenters. The van der Waals surface area contributed by atoms with Crippen LogP contribution >= 0.6 is 0 Å². The highest BCUT2D eigenvalue weighted by atomic mass is 16.3. The third-order valence-electron chi connectivity index (χ3n) is 2.40. The van der Waals surface area contributed by atoms with Crippen LogP contribution in [0.5, 0.6) is 0 Å². The van der Waals surface area contributed by atoms with Gasteiger partial charge >= 0.3 is 0 Å². The van der Waals surface area contributed by atoms with Crippen molar-refractivity contribution >= 4 is 6.08 Å². The quantitative estimate of drug-likeness (QED) is 0.780. The minimum absolute atomic E-state index is 0.931. The average Bonchev–Trinajstić information content (AvgIpc) is 2.72. The SMILES string of the molecule is C(=C\c1ccco1)/CN1CCNCC1. The molecule has 1 aliphatic heterocycles. The van der Waals surface area contributed by atoms with Crippen molar-refractivity contribution in [3.05, 3.63) is 30.2 Å². The van der Waals surface area contributed by atoms with Gasteiger partial charge in [0, 0.05) is 32.7 Å². The molecule has 0 bridgehead atoms. The minimum atomic E-state index is 0.931. The maximum atomic E-state index is 5.21. The molecule has 0 saturated carbocycles. The first-order valence-corrected chi connectivity index (χ1v) is 5.08. The van der Waals surface area contributed by atoms with Crippen molar-refractivity contribution < 1.29 is 4.42 Å². The lowest BCUT2D eigenvalue weighted by atomic mass is 10.3. The van der Waals surface area contributed by atoms with E-state index in [0.717, 1.165) is 38.5 Å². The van der Waals surface area contributed by atoms with Gasteiger partial charge in [-0.2, -0.15) is 0 Å². The molecule has 3 nitrogen and oxygen atoms in total. The summed E-state index contributed by atoms with van der Waals surface area (Å²) < 4.78 is 5.21. The highest BCUT2D eigenvalue weighted by Gasteiger charge is 2.06. The van der Waals surface area contributed by atoms with Crippen LogP contribution in [0.25, 0.3) is 6.08 Å². The minimum Gasteiger partial charge on any atom is -0.465 e. The number of hydrogen-bond acceptors (Lipinski definition) is 3. The van der Waals surface area contributed by atoms with Crippen LogP contribution in [0.2, 0.25) is 0 Å². The normalized spacial score (nSPS) is 19.1. The van der Waals surface area contributed by atoms with Crippen molar-refractivity contribution in [1.29, 1.82) is 0 Å². The van der Waals surface area contributed by atoms with E-state index in [1.165, 1.54) is 0 Å². The van der Waals surface area contributed by atoms with Crippen LogP contribution in [0, 0.1) is 0 Å². The van der Waals surface area contributed by atoms with E-state index in [1.807, 2.05) is 18.2 Å². The Bertz CT molecular complexity index is 273. The lowest BCUT2D eigenvalue weighted by Gasteiger charge is -2.25. The van der Waals surface area contributed by atoms with E-state index in [1.54, 1.807) is 6.26 Å². The number of rotatable bonds is 3. The Morgan fingerprint density at radius 1 is 1.43 bits per heavy atom. The van der Waals surface area contributed by atoms with Crippen molar-refractivity contribution in [3.63, 3.8) is 0 Å². The second-order valence-corrected chi connectivity index (χ2v) is 3.47. The summed E-state index contributed by atoms with van der Waals surface area (Å²) in [6.45, 7) is 5.51. The van der Waals surface area contributed by atoms with Crippen molar-refractivity contribution in [2.24, 2.45) is 0 Å². The summed E-state index contributed by atoms with van der Waals surface area (Å²) in [5, 5.41) is 3.33. The first kappa shape index (κ1) is 9.49. The first-order chi connectivity index (χ1) is 6.95. The molecule has 0 aromatic carbocycles. The van der Waals surface area contributed by atoms with E-state index in [0.29, 0.717) is 0 Å². The highest BCUT2D eigenvalue weighted by Crippen LogP contribution is 2.02. The molecule has 1 fully saturated rings. The third-order valence-corrected chi connectivity index (χ3v) is 2.40. The van der Waals surface area contributed by atoms with Crippen LogP contribution in [-0.4, -0.2) is 37.6 Å². The molecule has 0 aliphatic carbocycles. The molecule has 2 rings (SSSR count). The number of nitrogens with zero attached hydrogens (tertiary/aromatic N) is 1. The van der Waals surface area contributed by atoms with E-state index in [2.05, 4.69) is 16.3 Å². The summed E-state index contributed by atoms with van der Waals surface area (Å²) in [5.74, 6) is 0.931. The standard InChI is InChI=1S/C11H16N2O/c1(3-11-4-2-10-14-11)7-13-8-5-12-6-9-13/h1-4,10,12H,5-9H2/b3-1+. The Labute approximate surface area is 84.4 Å². The van der Waals surface area contributed by atoms with E-state index >= 15 is 0 Å². The molecule has 14 heavy (non-hydrogen) atoms. The number of nitrogens with one attached hydrogen (secondary N) is 1. The van der Waals surface area contributed by atoms with Crippen molar-refractivity contribution in [2.45, 2.75) is 0 Å². The first-order valence-electron chi connectivity index (χ1n) is 5.08. The van der Waals surface area contributed by atoms with E-state index < -0.39 is 0 Å². The zero-order valence-electron chi connectivity index (χ0n) is 8.28. The highest BCUT2D eigenvalue weighted by molar-refractivity contribution is 5.42. The van der Waals surface area contributed by atoms with Gasteiger partial charge in [-0.3, -0.25) is 4.90 Å². The van der Waals surface area contributed by atoms with Gasteiger partial charge in [-0.25, -0.2) is 0 Å². The molecule has 0 atom stereocenters. The van der Waals surface area contributed by atoms with E-state index in [9.17, 15) is 0 Å². The zero-order valence-corrected chi connectivity index (χ0v) is 8.28. The molecular formula is C11H16N2O. The Balaban J connectivity index is 1.76. The molecule has 3 heteroatoms. The molecular weight excluding hydrogens is 176 g/mol. The number of furan rings is 1. The van der Waals surface area contributed by atoms with Crippen molar-refractivity contribution in [1.82, 2.24) is 10.2 Å². The fourth-order valence-corrected chi connectivity index (χ4v) is 1.60. The second-order valence-electron chi connectivity index (χ2n) is 3.47. The molecule has 0 spiro atoms. The van der Waals surface area contributed by atoms with Crippen molar-refractivity contribution in [2.75, 3.05) is 32.7 Å². The molecule has 76 valence electrons. The maximum absolute atomic E-state index is 5.21. The van der Waals surface area contributed by atoms with Gasteiger partial charge in [0.05, 0.1) is 6.26 Å². The molecule has 1 aliphatic rings. The van der Waals surface area contributed by atoms with E-state index in [4.69, 9.17) is 4.42 Å². The van der Waals surface area contributed by atoms with Crippen LogP contribution < -0.4 is 5.32 Å². The summed E-state index contributed by atoms with van der Waals surface area (Å²) in [5.41, 5.74) is 0. The summed E-state index contributed by atoms with van der Waals surface area (Å²) >= 11 is 0. The fraction of sp³-hybridized carbons (Fsp3) is 0.455. The molecule has 0 amide bonds. The molecule has 1 N–H and O–H groups in total. The van der Waals surface area contributed by atoms with Gasteiger partial charge in [-0.15, -0.1) is 0 Å². The van der Waals surface area contributed by atoms with Crippen LogP contribution in [0.15, 0.2) is 28.9 Å². The second kappa shape index (κ2) is 4.98. The number of piperazine rings is 1. The summed E-state index contributed by atoms with van der Waals surface area (Å²) in [6.07, 6.45) is 5.89. The van der Waals surface area contributed by atoms with Gasteiger partial charge in [0.1, 0.15) is 5.76 Å². The maximum Gasteiger partial charge on any atom is 0.126 e. The third kappa shape index (κ3) is 2.72. The number of hydrogen-bond donors (Lipinski definition) is 1. The monoisotopic (exact) mass is 192 g/mol. The molecule has 1 aromatic rings. The Morgan fingerprint density at radius 3 is 3.00 bits per heavy atom. The molecule has 1 saturated heterocycles. The van der Waals surface area contributed by atoms with Crippen LogP contribution in [0.4, 0.5) is 0 Å². The summed E-state index contributed by atoms with van der Waals surface area (Å²) in [7, 11) is 0. The van der Waals surface area contributed by atoms with Crippen LogP contribution in [0.1, 0.15) is 5.76 Å². The Morgan fingerprint density at radius 2 is 2.29 bits per heavy atom. The van der Waals surface area contributed by atoms with Gasteiger partial charge in [0.25, 0.3) is 0 Å². The molecule has 2 heterocycles. The average molecular weight is 192 g/mol. The van der Waals surface area contributed by atoms with Crippen LogP contribution in [0.3, 0.4) is 0 Å². The lowest BCUT2D eigenvalue weighted by molar-refractivity contribution is 0.265. The lowest BCUT2D eigenvalue weighted by Crippen LogP contribution is -2.43. The van der Waals surface area contributed by atoms with Crippen molar-refractivity contribution in [3.8, 4) is 0 Å². The van der Waals surface area contributed by atoms with Gasteiger partial charge < -0.3 is 9.73 Å².